The van der Waals surface area contributed by atoms with E-state index in [1.54, 1.807) is 11.8 Å². The summed E-state index contributed by atoms with van der Waals surface area (Å²) in [7, 11) is 0. The van der Waals surface area contributed by atoms with E-state index in [9.17, 15) is 0 Å². The molecule has 1 atom stereocenters. The van der Waals surface area contributed by atoms with Gasteiger partial charge in [-0.1, -0.05) is 0 Å². The van der Waals surface area contributed by atoms with Gasteiger partial charge in [0, 0.05) is 11.5 Å². The van der Waals surface area contributed by atoms with Gasteiger partial charge in [0.1, 0.15) is 0 Å². The molecule has 0 saturated heterocycles. The highest BCUT2D eigenvalue weighted by Gasteiger charge is 2.09. The highest BCUT2D eigenvalue weighted by molar-refractivity contribution is 7.99. The molecule has 4 heteroatoms. The summed E-state index contributed by atoms with van der Waals surface area (Å²) in [5.41, 5.74) is -0.0871. The Morgan fingerprint density at radius 3 is 2.46 bits per heavy atom. The molecule has 0 fully saturated rings. The van der Waals surface area contributed by atoms with Gasteiger partial charge < -0.3 is 14.9 Å². The van der Waals surface area contributed by atoms with Crippen LogP contribution in [0, 0.1) is 0 Å². The molecule has 0 spiro atoms. The van der Waals surface area contributed by atoms with Crippen molar-refractivity contribution in [3.05, 3.63) is 0 Å². The number of aliphatic hydroxyl groups is 2. The van der Waals surface area contributed by atoms with E-state index in [0.29, 0.717) is 12.4 Å². The van der Waals surface area contributed by atoms with E-state index in [0.717, 1.165) is 5.75 Å². The van der Waals surface area contributed by atoms with Crippen molar-refractivity contribution in [1.82, 2.24) is 0 Å². The fourth-order valence-corrected chi connectivity index (χ4v) is 1.42. The summed E-state index contributed by atoms with van der Waals surface area (Å²) >= 11 is 1.59. The van der Waals surface area contributed by atoms with Crippen molar-refractivity contribution in [2.75, 3.05) is 24.7 Å². The lowest BCUT2D eigenvalue weighted by atomic mass is 10.2. The smallest absolute Gasteiger partial charge is 0.0861 e. The fourth-order valence-electron chi connectivity index (χ4n) is 0.679. The minimum absolute atomic E-state index is 0.0871. The van der Waals surface area contributed by atoms with Gasteiger partial charge in [-0.3, -0.25) is 0 Å². The quantitative estimate of drug-likeness (QED) is 0.636. The number of aliphatic hydroxyl groups excluding tert-OH is 2. The van der Waals surface area contributed by atoms with Crippen molar-refractivity contribution in [3.63, 3.8) is 0 Å². The minimum Gasteiger partial charge on any atom is -0.394 e. The Labute approximate surface area is 84.5 Å². The topological polar surface area (TPSA) is 49.7 Å². The SMILES string of the molecule is CC(C)(C)OCCSCC(O)CO. The molecular weight excluding hydrogens is 188 g/mol. The van der Waals surface area contributed by atoms with Crippen LogP contribution in [0.3, 0.4) is 0 Å². The summed E-state index contributed by atoms with van der Waals surface area (Å²) in [6.45, 7) is 6.57. The zero-order chi connectivity index (χ0) is 10.3. The van der Waals surface area contributed by atoms with Crippen LogP contribution >= 0.6 is 11.8 Å². The summed E-state index contributed by atoms with van der Waals surface area (Å²) in [5.74, 6) is 1.43. The van der Waals surface area contributed by atoms with Crippen LogP contribution in [0.1, 0.15) is 20.8 Å². The second-order valence-electron chi connectivity index (χ2n) is 3.87. The summed E-state index contributed by atoms with van der Waals surface area (Å²) in [4.78, 5) is 0. The average Bonchev–Trinajstić information content (AvgIpc) is 2.01. The highest BCUT2D eigenvalue weighted by Crippen LogP contribution is 2.09. The third-order valence-electron chi connectivity index (χ3n) is 1.28. The van der Waals surface area contributed by atoms with E-state index in [4.69, 9.17) is 14.9 Å². The van der Waals surface area contributed by atoms with Crippen LogP contribution in [-0.4, -0.2) is 46.6 Å². The molecule has 80 valence electrons. The minimum atomic E-state index is -0.598. The first-order valence-corrected chi connectivity index (χ1v) is 5.62. The van der Waals surface area contributed by atoms with E-state index < -0.39 is 6.10 Å². The Morgan fingerprint density at radius 2 is 2.00 bits per heavy atom. The van der Waals surface area contributed by atoms with Gasteiger partial charge in [0.05, 0.1) is 24.9 Å². The third kappa shape index (κ3) is 10.1. The molecule has 2 N–H and O–H groups in total. The van der Waals surface area contributed by atoms with E-state index in [-0.39, 0.29) is 12.2 Å². The molecule has 0 aliphatic rings. The molecule has 0 amide bonds. The zero-order valence-electron chi connectivity index (χ0n) is 8.62. The molecular formula is C9H20O3S. The number of hydrogen-bond acceptors (Lipinski definition) is 4. The monoisotopic (exact) mass is 208 g/mol. The van der Waals surface area contributed by atoms with Crippen LogP contribution in [0.5, 0.6) is 0 Å². The van der Waals surface area contributed by atoms with Crippen molar-refractivity contribution >= 4 is 11.8 Å². The van der Waals surface area contributed by atoms with E-state index in [1.807, 2.05) is 20.8 Å². The summed E-state index contributed by atoms with van der Waals surface area (Å²) in [6, 6.07) is 0. The first-order chi connectivity index (χ1) is 5.95. The zero-order valence-corrected chi connectivity index (χ0v) is 9.43. The van der Waals surface area contributed by atoms with Gasteiger partial charge >= 0.3 is 0 Å². The van der Waals surface area contributed by atoms with Crippen LogP contribution in [0.15, 0.2) is 0 Å². The molecule has 1 unspecified atom stereocenters. The number of ether oxygens (including phenoxy) is 1. The molecule has 0 aromatic heterocycles. The molecule has 0 aliphatic heterocycles. The Kier molecular flexibility index (Phi) is 6.77. The number of rotatable bonds is 6. The summed E-state index contributed by atoms with van der Waals surface area (Å²) in [5, 5.41) is 17.5. The lowest BCUT2D eigenvalue weighted by molar-refractivity contribution is 0.00690. The van der Waals surface area contributed by atoms with E-state index >= 15 is 0 Å². The van der Waals surface area contributed by atoms with Crippen LogP contribution in [-0.2, 0) is 4.74 Å². The van der Waals surface area contributed by atoms with Crippen LogP contribution in [0.2, 0.25) is 0 Å². The van der Waals surface area contributed by atoms with Gasteiger partial charge in [-0.25, -0.2) is 0 Å². The van der Waals surface area contributed by atoms with Crippen molar-refractivity contribution in [2.45, 2.75) is 32.5 Å². The van der Waals surface area contributed by atoms with Crippen LogP contribution in [0.4, 0.5) is 0 Å². The number of thioether (sulfide) groups is 1. The van der Waals surface area contributed by atoms with Crippen molar-refractivity contribution in [3.8, 4) is 0 Å². The van der Waals surface area contributed by atoms with Gasteiger partial charge in [-0.05, 0) is 20.8 Å². The molecule has 0 saturated carbocycles. The second-order valence-corrected chi connectivity index (χ2v) is 5.02. The lowest BCUT2D eigenvalue weighted by Crippen LogP contribution is -2.21. The normalized spacial score (nSPS) is 14.5. The molecule has 0 radical (unpaired) electrons. The van der Waals surface area contributed by atoms with Gasteiger partial charge in [0.15, 0.2) is 0 Å². The summed E-state index contributed by atoms with van der Waals surface area (Å²) < 4.78 is 5.48. The Balaban J connectivity index is 3.18. The second kappa shape index (κ2) is 6.65. The van der Waals surface area contributed by atoms with Gasteiger partial charge in [-0.15, -0.1) is 0 Å². The van der Waals surface area contributed by atoms with Gasteiger partial charge in [0.2, 0.25) is 0 Å². The molecule has 0 aromatic carbocycles. The highest BCUT2D eigenvalue weighted by atomic mass is 32.2. The molecule has 0 aromatic rings. The first kappa shape index (κ1) is 13.2. The fraction of sp³-hybridized carbons (Fsp3) is 1.00. The van der Waals surface area contributed by atoms with E-state index in [2.05, 4.69) is 0 Å². The Bertz CT molecular complexity index is 123. The van der Waals surface area contributed by atoms with Gasteiger partial charge in [-0.2, -0.15) is 11.8 Å². The van der Waals surface area contributed by atoms with Crippen molar-refractivity contribution < 1.29 is 14.9 Å². The van der Waals surface area contributed by atoms with E-state index in [1.165, 1.54) is 0 Å². The van der Waals surface area contributed by atoms with Gasteiger partial charge in [0.25, 0.3) is 0 Å². The molecule has 13 heavy (non-hydrogen) atoms. The largest absolute Gasteiger partial charge is 0.394 e. The maximum absolute atomic E-state index is 9.01. The van der Waals surface area contributed by atoms with Crippen molar-refractivity contribution in [2.24, 2.45) is 0 Å². The summed E-state index contributed by atoms with van der Waals surface area (Å²) in [6.07, 6.45) is -0.598. The maximum Gasteiger partial charge on any atom is 0.0861 e. The average molecular weight is 208 g/mol. The lowest BCUT2D eigenvalue weighted by Gasteiger charge is -2.19. The van der Waals surface area contributed by atoms with Crippen LogP contribution in [0.25, 0.3) is 0 Å². The molecule has 0 aliphatic carbocycles. The predicted octanol–water partition coefficient (Wildman–Crippen LogP) is 0.888. The molecule has 3 nitrogen and oxygen atoms in total. The number of hydrogen-bond donors (Lipinski definition) is 2. The van der Waals surface area contributed by atoms with Crippen molar-refractivity contribution in [1.29, 1.82) is 0 Å². The molecule has 0 rings (SSSR count). The maximum atomic E-state index is 9.01. The molecule has 0 bridgehead atoms. The Morgan fingerprint density at radius 1 is 1.38 bits per heavy atom. The standard InChI is InChI=1S/C9H20O3S/c1-9(2,3)12-4-5-13-7-8(11)6-10/h8,10-11H,4-7H2,1-3H3. The third-order valence-corrected chi connectivity index (χ3v) is 2.36. The van der Waals surface area contributed by atoms with Crippen LogP contribution < -0.4 is 0 Å². The first-order valence-electron chi connectivity index (χ1n) is 4.46. The Hall–Kier alpha value is 0.230. The predicted molar refractivity (Wildman–Crippen MR) is 56.1 cm³/mol. The molecule has 0 heterocycles.